The molecule has 3 aromatic rings. The topological polar surface area (TPSA) is 76.7 Å². The number of para-hydroxylation sites is 1. The maximum Gasteiger partial charge on any atom is 0.276 e. The highest BCUT2D eigenvalue weighted by Crippen LogP contribution is 2.25. The number of hydrazine groups is 1. The van der Waals surface area contributed by atoms with Gasteiger partial charge in [-0.15, -0.1) is 0 Å². The van der Waals surface area contributed by atoms with Crippen LogP contribution < -0.4 is 20.3 Å². The van der Waals surface area contributed by atoms with E-state index < -0.39 is 11.8 Å². The first-order chi connectivity index (χ1) is 14.4. The van der Waals surface area contributed by atoms with Gasteiger partial charge in [0.15, 0.2) is 6.61 Å². The fourth-order valence-corrected chi connectivity index (χ4v) is 3.23. The van der Waals surface area contributed by atoms with Gasteiger partial charge in [0.25, 0.3) is 5.91 Å². The summed E-state index contributed by atoms with van der Waals surface area (Å²) < 4.78 is 10.8. The van der Waals surface area contributed by atoms with Gasteiger partial charge in [-0.05, 0) is 60.4 Å². The highest BCUT2D eigenvalue weighted by molar-refractivity contribution is 5.89. The van der Waals surface area contributed by atoms with E-state index in [2.05, 4.69) is 10.9 Å². The zero-order valence-corrected chi connectivity index (χ0v) is 17.6. The number of fused-ring (bicyclic) bond motifs is 1. The summed E-state index contributed by atoms with van der Waals surface area (Å²) in [4.78, 5) is 24.6. The van der Waals surface area contributed by atoms with Crippen LogP contribution in [0.1, 0.15) is 29.5 Å². The zero-order valence-electron chi connectivity index (χ0n) is 17.6. The SMILES string of the molecule is COc1ccc2cc([C@H](C)C(=O)NNC(=O)COc3c(C)cccc3C)ccc2c1. The molecule has 0 saturated heterocycles. The Morgan fingerprint density at radius 2 is 1.60 bits per heavy atom. The predicted molar refractivity (Wildman–Crippen MR) is 117 cm³/mol. The molecular weight excluding hydrogens is 380 g/mol. The minimum atomic E-state index is -0.434. The van der Waals surface area contributed by atoms with Crippen LogP contribution >= 0.6 is 0 Å². The van der Waals surface area contributed by atoms with E-state index in [0.717, 1.165) is 33.2 Å². The molecule has 0 aliphatic carbocycles. The van der Waals surface area contributed by atoms with Gasteiger partial charge in [-0.2, -0.15) is 0 Å². The average Bonchev–Trinajstić information content (AvgIpc) is 2.75. The van der Waals surface area contributed by atoms with Crippen LogP contribution in [0.5, 0.6) is 11.5 Å². The number of hydrogen-bond donors (Lipinski definition) is 2. The average molecular weight is 406 g/mol. The number of rotatable bonds is 6. The zero-order chi connectivity index (χ0) is 21.7. The minimum Gasteiger partial charge on any atom is -0.497 e. The molecule has 0 bridgehead atoms. The van der Waals surface area contributed by atoms with E-state index >= 15 is 0 Å². The van der Waals surface area contributed by atoms with Crippen LogP contribution in [0.15, 0.2) is 54.6 Å². The van der Waals surface area contributed by atoms with E-state index in [0.29, 0.717) is 5.75 Å². The Morgan fingerprint density at radius 1 is 0.933 bits per heavy atom. The number of carbonyl (C=O) groups excluding carboxylic acids is 2. The second-order valence-electron chi connectivity index (χ2n) is 7.24. The molecule has 0 unspecified atom stereocenters. The van der Waals surface area contributed by atoms with Crippen molar-refractivity contribution in [1.82, 2.24) is 10.9 Å². The van der Waals surface area contributed by atoms with Crippen molar-refractivity contribution in [3.05, 3.63) is 71.3 Å². The second kappa shape index (κ2) is 9.31. The molecule has 0 aliphatic rings. The third-order valence-corrected chi connectivity index (χ3v) is 5.05. The lowest BCUT2D eigenvalue weighted by atomic mass is 9.97. The first kappa shape index (κ1) is 21.2. The van der Waals surface area contributed by atoms with Gasteiger partial charge >= 0.3 is 0 Å². The number of amides is 2. The van der Waals surface area contributed by atoms with Crippen LogP contribution in [-0.4, -0.2) is 25.5 Å². The first-order valence-electron chi connectivity index (χ1n) is 9.74. The molecule has 3 rings (SSSR count). The molecule has 1 atom stereocenters. The summed E-state index contributed by atoms with van der Waals surface area (Å²) in [6.45, 7) is 5.45. The van der Waals surface area contributed by atoms with E-state index in [4.69, 9.17) is 9.47 Å². The van der Waals surface area contributed by atoms with Crippen molar-refractivity contribution in [3.63, 3.8) is 0 Å². The summed E-state index contributed by atoms with van der Waals surface area (Å²) in [6.07, 6.45) is 0. The van der Waals surface area contributed by atoms with Gasteiger partial charge in [0.05, 0.1) is 13.0 Å². The van der Waals surface area contributed by atoms with E-state index in [-0.39, 0.29) is 12.5 Å². The van der Waals surface area contributed by atoms with Gasteiger partial charge in [-0.25, -0.2) is 0 Å². The fraction of sp³-hybridized carbons (Fsp3) is 0.250. The number of carbonyl (C=O) groups is 2. The molecule has 2 amide bonds. The monoisotopic (exact) mass is 406 g/mol. The third kappa shape index (κ3) is 4.89. The van der Waals surface area contributed by atoms with Crippen LogP contribution in [0.2, 0.25) is 0 Å². The summed E-state index contributed by atoms with van der Waals surface area (Å²) >= 11 is 0. The van der Waals surface area contributed by atoms with Crippen molar-refractivity contribution in [1.29, 1.82) is 0 Å². The van der Waals surface area contributed by atoms with Crippen molar-refractivity contribution in [3.8, 4) is 11.5 Å². The first-order valence-corrected chi connectivity index (χ1v) is 9.74. The molecular formula is C24H26N2O4. The fourth-order valence-electron chi connectivity index (χ4n) is 3.23. The van der Waals surface area contributed by atoms with Crippen molar-refractivity contribution >= 4 is 22.6 Å². The Hall–Kier alpha value is -3.54. The number of benzene rings is 3. The maximum atomic E-state index is 12.5. The smallest absolute Gasteiger partial charge is 0.276 e. The summed E-state index contributed by atoms with van der Waals surface area (Å²) in [6, 6.07) is 17.4. The minimum absolute atomic E-state index is 0.182. The lowest BCUT2D eigenvalue weighted by molar-refractivity contribution is -0.130. The molecule has 0 spiro atoms. The van der Waals surface area contributed by atoms with Crippen LogP contribution in [0.25, 0.3) is 10.8 Å². The quantitative estimate of drug-likeness (QED) is 0.611. The Labute approximate surface area is 176 Å². The van der Waals surface area contributed by atoms with Crippen LogP contribution in [0, 0.1) is 13.8 Å². The van der Waals surface area contributed by atoms with Crippen molar-refractivity contribution < 1.29 is 19.1 Å². The van der Waals surface area contributed by atoms with Crippen molar-refractivity contribution in [2.75, 3.05) is 13.7 Å². The normalized spacial score (nSPS) is 11.6. The molecule has 6 heteroatoms. The van der Waals surface area contributed by atoms with Gasteiger partial charge in [0.2, 0.25) is 5.91 Å². The van der Waals surface area contributed by atoms with Gasteiger partial charge in [0.1, 0.15) is 11.5 Å². The number of aryl methyl sites for hydroxylation is 2. The third-order valence-electron chi connectivity index (χ3n) is 5.05. The highest BCUT2D eigenvalue weighted by atomic mass is 16.5. The number of ether oxygens (including phenoxy) is 2. The van der Waals surface area contributed by atoms with E-state index in [9.17, 15) is 9.59 Å². The molecule has 0 heterocycles. The van der Waals surface area contributed by atoms with E-state index in [1.807, 2.05) is 68.4 Å². The molecule has 30 heavy (non-hydrogen) atoms. The lowest BCUT2D eigenvalue weighted by Gasteiger charge is -2.15. The predicted octanol–water partition coefficient (Wildman–Crippen LogP) is 3.80. The molecule has 2 N–H and O–H groups in total. The lowest BCUT2D eigenvalue weighted by Crippen LogP contribution is -2.45. The van der Waals surface area contributed by atoms with Gasteiger partial charge < -0.3 is 9.47 Å². The number of nitrogens with one attached hydrogen (secondary N) is 2. The van der Waals surface area contributed by atoms with Crippen LogP contribution in [-0.2, 0) is 9.59 Å². The molecule has 6 nitrogen and oxygen atoms in total. The molecule has 0 aromatic heterocycles. The Kier molecular flexibility index (Phi) is 6.57. The Balaban J connectivity index is 1.56. The standard InChI is InChI=1S/C24H26N2O4/c1-15-6-5-7-16(2)23(15)30-14-22(27)25-26-24(28)17(3)18-8-9-20-13-21(29-4)11-10-19(20)12-18/h5-13,17H,14H2,1-4H3,(H,25,27)(H,26,28)/t17-/m0/s1. The summed E-state index contributed by atoms with van der Waals surface area (Å²) in [7, 11) is 1.63. The summed E-state index contributed by atoms with van der Waals surface area (Å²) in [5, 5.41) is 2.04. The molecule has 3 aromatic carbocycles. The van der Waals surface area contributed by atoms with Gasteiger partial charge in [-0.1, -0.05) is 42.5 Å². The van der Waals surface area contributed by atoms with E-state index in [1.165, 1.54) is 0 Å². The molecule has 0 aliphatic heterocycles. The Bertz CT molecular complexity index is 1060. The van der Waals surface area contributed by atoms with Crippen molar-refractivity contribution in [2.24, 2.45) is 0 Å². The van der Waals surface area contributed by atoms with E-state index in [1.54, 1.807) is 14.0 Å². The van der Waals surface area contributed by atoms with Gasteiger partial charge in [0, 0.05) is 0 Å². The molecule has 0 radical (unpaired) electrons. The van der Waals surface area contributed by atoms with Crippen LogP contribution in [0.3, 0.4) is 0 Å². The van der Waals surface area contributed by atoms with Crippen molar-refractivity contribution in [2.45, 2.75) is 26.7 Å². The van der Waals surface area contributed by atoms with Crippen LogP contribution in [0.4, 0.5) is 0 Å². The molecule has 156 valence electrons. The molecule has 0 fully saturated rings. The summed E-state index contributed by atoms with van der Waals surface area (Å²) in [5.74, 6) is 0.301. The maximum absolute atomic E-state index is 12.5. The Morgan fingerprint density at radius 3 is 2.30 bits per heavy atom. The van der Waals surface area contributed by atoms with Gasteiger partial charge in [-0.3, -0.25) is 20.4 Å². The largest absolute Gasteiger partial charge is 0.497 e. The highest BCUT2D eigenvalue weighted by Gasteiger charge is 2.17. The number of hydrogen-bond acceptors (Lipinski definition) is 4. The molecule has 0 saturated carbocycles. The summed E-state index contributed by atoms with van der Waals surface area (Å²) in [5.41, 5.74) is 7.65. The second-order valence-corrected chi connectivity index (χ2v) is 7.24. The number of methoxy groups -OCH3 is 1.